The zero-order valence-electron chi connectivity index (χ0n) is 16.5. The first-order chi connectivity index (χ1) is 14.3. The minimum atomic E-state index is -1.59. The van der Waals surface area contributed by atoms with E-state index < -0.39 is 49.2 Å². The van der Waals surface area contributed by atoms with Crippen LogP contribution in [0.25, 0.3) is 21.8 Å². The van der Waals surface area contributed by atoms with E-state index in [0.717, 1.165) is 21.9 Å². The van der Waals surface area contributed by atoms with Gasteiger partial charge in [-0.1, -0.05) is 18.2 Å². The number of aryl methyl sites for hydroxylation is 1. The van der Waals surface area contributed by atoms with Gasteiger partial charge in [-0.05, 0) is 25.5 Å². The lowest BCUT2D eigenvalue weighted by atomic mass is 10.00. The van der Waals surface area contributed by atoms with Crippen LogP contribution < -0.4 is 0 Å². The number of aliphatic hydroxyl groups is 4. The number of fused-ring (bicyclic) bond motifs is 3. The van der Waals surface area contributed by atoms with Crippen LogP contribution in [-0.2, 0) is 9.47 Å². The maximum atomic E-state index is 13.2. The summed E-state index contributed by atoms with van der Waals surface area (Å²) in [6.07, 6.45) is -6.43. The molecule has 1 saturated heterocycles. The number of aliphatic hydroxyl groups excluding tert-OH is 4. The molecule has 30 heavy (non-hydrogen) atoms. The van der Waals surface area contributed by atoms with Crippen LogP contribution >= 0.6 is 0 Å². The van der Waals surface area contributed by atoms with Crippen molar-refractivity contribution in [1.82, 2.24) is 9.97 Å². The van der Waals surface area contributed by atoms with Gasteiger partial charge in [-0.15, -0.1) is 0 Å². The molecule has 0 saturated carbocycles. The van der Waals surface area contributed by atoms with Gasteiger partial charge in [0.15, 0.2) is 6.29 Å². The van der Waals surface area contributed by atoms with Gasteiger partial charge >= 0.3 is 0 Å². The number of nitrogens with zero attached hydrogens (tertiary/aromatic N) is 1. The molecule has 9 heteroatoms. The number of para-hydroxylation sites is 1. The number of Topliss-reactive ketones (excluding diaryl/α,β-unsaturated/α-hetero) is 1. The second kappa shape index (κ2) is 8.03. The highest BCUT2D eigenvalue weighted by molar-refractivity contribution is 6.16. The summed E-state index contributed by atoms with van der Waals surface area (Å²) < 4.78 is 10.9. The van der Waals surface area contributed by atoms with Crippen molar-refractivity contribution in [2.24, 2.45) is 0 Å². The smallest absolute Gasteiger partial charge is 0.214 e. The minimum Gasteiger partial charge on any atom is -0.393 e. The van der Waals surface area contributed by atoms with Gasteiger partial charge in [0.2, 0.25) is 5.78 Å². The Balaban J connectivity index is 1.68. The van der Waals surface area contributed by atoms with Crippen molar-refractivity contribution in [3.8, 4) is 0 Å². The molecule has 1 fully saturated rings. The van der Waals surface area contributed by atoms with E-state index in [2.05, 4.69) is 9.97 Å². The van der Waals surface area contributed by atoms with Crippen LogP contribution in [0.3, 0.4) is 0 Å². The van der Waals surface area contributed by atoms with E-state index in [1.165, 1.54) is 6.92 Å². The fraction of sp³-hybridized carbons (Fsp3) is 0.429. The molecule has 5 N–H and O–H groups in total. The number of hydrogen-bond donors (Lipinski definition) is 5. The second-order valence-electron chi connectivity index (χ2n) is 7.56. The Bertz CT molecular complexity index is 1080. The lowest BCUT2D eigenvalue weighted by Gasteiger charge is -2.39. The number of hydrogen-bond acceptors (Lipinski definition) is 8. The molecule has 0 radical (unpaired) electrons. The summed E-state index contributed by atoms with van der Waals surface area (Å²) in [6, 6.07) is 7.61. The van der Waals surface area contributed by atoms with E-state index in [1.54, 1.807) is 6.20 Å². The molecule has 160 valence electrons. The van der Waals surface area contributed by atoms with Gasteiger partial charge in [-0.2, -0.15) is 0 Å². The van der Waals surface area contributed by atoms with Crippen LogP contribution in [0.15, 0.2) is 30.5 Å². The summed E-state index contributed by atoms with van der Waals surface area (Å²) in [5.41, 5.74) is 2.34. The van der Waals surface area contributed by atoms with E-state index in [9.17, 15) is 25.2 Å². The van der Waals surface area contributed by atoms with Crippen molar-refractivity contribution in [2.45, 2.75) is 50.7 Å². The molecule has 1 aromatic carbocycles. The zero-order valence-corrected chi connectivity index (χ0v) is 16.5. The van der Waals surface area contributed by atoms with Gasteiger partial charge in [-0.3, -0.25) is 9.78 Å². The first-order valence-electron chi connectivity index (χ1n) is 9.69. The third kappa shape index (κ3) is 3.39. The van der Waals surface area contributed by atoms with Crippen LogP contribution in [0.1, 0.15) is 23.0 Å². The van der Waals surface area contributed by atoms with Gasteiger partial charge in [0.25, 0.3) is 0 Å². The van der Waals surface area contributed by atoms with Crippen molar-refractivity contribution >= 4 is 27.6 Å². The van der Waals surface area contributed by atoms with Crippen molar-refractivity contribution < 1.29 is 34.7 Å². The fourth-order valence-corrected chi connectivity index (χ4v) is 3.83. The molecule has 4 rings (SSSR count). The number of nitrogens with one attached hydrogen (secondary N) is 1. The number of rotatable bonds is 5. The average molecular weight is 416 g/mol. The van der Waals surface area contributed by atoms with Crippen LogP contribution in [0.4, 0.5) is 0 Å². The van der Waals surface area contributed by atoms with E-state index in [-0.39, 0.29) is 5.69 Å². The fourth-order valence-electron chi connectivity index (χ4n) is 3.83. The number of aromatic nitrogens is 2. The number of ether oxygens (including phenoxy) is 2. The summed E-state index contributed by atoms with van der Waals surface area (Å²) in [5.74, 6) is -0.599. The standard InChI is InChI=1S/C21H24N2O7/c1-9-7-22-16(15-14(9)11-5-3-4-6-12(11)23-15)18(26)13(8-24)30-21-20(28)19(27)17(25)10(2)29-21/h3-7,10,13,17,19-21,23-25,27-28H,8H2,1-2H3/t10-,13?,17-,19+,20+,21-/m0/s1. The molecule has 0 aliphatic carbocycles. The molecule has 9 nitrogen and oxygen atoms in total. The van der Waals surface area contributed by atoms with E-state index >= 15 is 0 Å². The van der Waals surface area contributed by atoms with Gasteiger partial charge in [0, 0.05) is 22.5 Å². The Morgan fingerprint density at radius 2 is 1.97 bits per heavy atom. The molecule has 0 bridgehead atoms. The highest BCUT2D eigenvalue weighted by atomic mass is 16.7. The second-order valence-corrected chi connectivity index (χ2v) is 7.56. The summed E-state index contributed by atoms with van der Waals surface area (Å²) in [5, 5.41) is 41.5. The Hall–Kier alpha value is -2.40. The van der Waals surface area contributed by atoms with Gasteiger partial charge in [0.05, 0.1) is 18.2 Å². The highest BCUT2D eigenvalue weighted by Crippen LogP contribution is 2.30. The summed E-state index contributed by atoms with van der Waals surface area (Å²) >= 11 is 0. The largest absolute Gasteiger partial charge is 0.393 e. The maximum absolute atomic E-state index is 13.2. The Morgan fingerprint density at radius 1 is 1.23 bits per heavy atom. The van der Waals surface area contributed by atoms with Crippen LogP contribution in [0.2, 0.25) is 0 Å². The van der Waals surface area contributed by atoms with E-state index in [1.807, 2.05) is 31.2 Å². The normalized spacial score (nSPS) is 28.1. The van der Waals surface area contributed by atoms with Crippen molar-refractivity contribution in [2.75, 3.05) is 6.61 Å². The van der Waals surface area contributed by atoms with E-state index in [0.29, 0.717) is 5.52 Å². The molecule has 3 heterocycles. The number of ketones is 1. The molecular formula is C21H24N2O7. The first kappa shape index (κ1) is 20.9. The Labute approximate surface area is 171 Å². The average Bonchev–Trinajstić information content (AvgIpc) is 3.14. The number of H-pyrrole nitrogens is 1. The predicted molar refractivity (Wildman–Crippen MR) is 107 cm³/mol. The number of aromatic amines is 1. The lowest BCUT2D eigenvalue weighted by molar-refractivity contribution is -0.301. The third-order valence-corrected chi connectivity index (χ3v) is 5.52. The van der Waals surface area contributed by atoms with E-state index in [4.69, 9.17) is 9.47 Å². The predicted octanol–water partition coefficient (Wildman–Crippen LogP) is 0.412. The summed E-state index contributed by atoms with van der Waals surface area (Å²) in [4.78, 5) is 20.6. The number of pyridine rings is 1. The minimum absolute atomic E-state index is 0.0878. The molecule has 3 aromatic rings. The van der Waals surface area contributed by atoms with Gasteiger partial charge < -0.3 is 34.9 Å². The quantitative estimate of drug-likeness (QED) is 0.376. The summed E-state index contributed by atoms with van der Waals surface area (Å²) in [7, 11) is 0. The highest BCUT2D eigenvalue weighted by Gasteiger charge is 2.44. The van der Waals surface area contributed by atoms with Crippen molar-refractivity contribution in [3.05, 3.63) is 41.7 Å². The summed E-state index contributed by atoms with van der Waals surface area (Å²) in [6.45, 7) is 2.71. The Kier molecular flexibility index (Phi) is 5.58. The zero-order chi connectivity index (χ0) is 21.6. The van der Waals surface area contributed by atoms with Crippen molar-refractivity contribution in [1.29, 1.82) is 0 Å². The van der Waals surface area contributed by atoms with Crippen LogP contribution in [0.5, 0.6) is 0 Å². The molecule has 6 atom stereocenters. The van der Waals surface area contributed by atoms with Crippen molar-refractivity contribution in [3.63, 3.8) is 0 Å². The van der Waals surface area contributed by atoms with Gasteiger partial charge in [0.1, 0.15) is 30.1 Å². The van der Waals surface area contributed by atoms with Crippen LogP contribution in [0, 0.1) is 6.92 Å². The molecule has 0 spiro atoms. The molecule has 1 aliphatic heterocycles. The molecule has 0 amide bonds. The van der Waals surface area contributed by atoms with Gasteiger partial charge in [-0.25, -0.2) is 0 Å². The maximum Gasteiger partial charge on any atom is 0.214 e. The number of carbonyl (C=O) groups excluding carboxylic acids is 1. The molecule has 1 unspecified atom stereocenters. The topological polar surface area (TPSA) is 145 Å². The SMILES string of the molecule is Cc1cnc(C(=O)C(CO)O[C@@H]2O[C@@H](C)[C@H](O)[C@@H](O)[C@H]2O)c2[nH]c3ccccc3c12. The molecule has 1 aliphatic rings. The lowest BCUT2D eigenvalue weighted by Crippen LogP contribution is -2.58. The number of benzene rings is 1. The monoisotopic (exact) mass is 416 g/mol. The first-order valence-corrected chi connectivity index (χ1v) is 9.69. The van der Waals surface area contributed by atoms with Crippen LogP contribution in [-0.4, -0.2) is 79.6 Å². The number of carbonyl (C=O) groups is 1. The Morgan fingerprint density at radius 3 is 2.70 bits per heavy atom. The third-order valence-electron chi connectivity index (χ3n) is 5.52. The molecular weight excluding hydrogens is 392 g/mol. The molecule has 2 aromatic heterocycles.